The van der Waals surface area contributed by atoms with Crippen LogP contribution in [0.3, 0.4) is 0 Å². The van der Waals surface area contributed by atoms with Crippen LogP contribution < -0.4 is 0 Å². The summed E-state index contributed by atoms with van der Waals surface area (Å²) in [7, 11) is 1.21. The molecule has 1 aliphatic heterocycles. The van der Waals surface area contributed by atoms with Gasteiger partial charge in [-0.05, 0) is 33.6 Å². The lowest BCUT2D eigenvalue weighted by Gasteiger charge is -2.37. The van der Waals surface area contributed by atoms with Crippen molar-refractivity contribution in [1.29, 1.82) is 0 Å². The average molecular weight is 287 g/mol. The number of carbonyl (C=O) groups excluding carboxylic acids is 2. The summed E-state index contributed by atoms with van der Waals surface area (Å²) in [5.41, 5.74) is -0.679. The summed E-state index contributed by atoms with van der Waals surface area (Å²) in [6.07, 6.45) is -0.291. The van der Waals surface area contributed by atoms with E-state index < -0.39 is 35.6 Å². The first kappa shape index (κ1) is 16.3. The van der Waals surface area contributed by atoms with Gasteiger partial charge >= 0.3 is 18.0 Å². The SMILES string of the molecule is COC(=O)[C@@H]1C[C@@H](C(=O)O)CCN1C(=O)OC(C)(C)C. The molecule has 7 nitrogen and oxygen atoms in total. The Labute approximate surface area is 117 Å². The van der Waals surface area contributed by atoms with Gasteiger partial charge in [-0.3, -0.25) is 9.69 Å². The van der Waals surface area contributed by atoms with Crippen molar-refractivity contribution >= 4 is 18.0 Å². The van der Waals surface area contributed by atoms with Gasteiger partial charge in [0.15, 0.2) is 0 Å². The number of amides is 1. The fourth-order valence-electron chi connectivity index (χ4n) is 2.09. The second kappa shape index (κ2) is 6.11. The van der Waals surface area contributed by atoms with Crippen LogP contribution in [0.5, 0.6) is 0 Å². The summed E-state index contributed by atoms with van der Waals surface area (Å²) >= 11 is 0. The highest BCUT2D eigenvalue weighted by Gasteiger charge is 2.40. The minimum absolute atomic E-state index is 0.0429. The Bertz CT molecular complexity index is 400. The molecule has 7 heteroatoms. The van der Waals surface area contributed by atoms with Gasteiger partial charge in [-0.2, -0.15) is 0 Å². The Balaban J connectivity index is 2.85. The highest BCUT2D eigenvalue weighted by molar-refractivity contribution is 5.83. The van der Waals surface area contributed by atoms with Crippen molar-refractivity contribution < 1.29 is 29.0 Å². The Kier molecular flexibility index (Phi) is 4.97. The van der Waals surface area contributed by atoms with Crippen LogP contribution in [0.4, 0.5) is 4.79 Å². The molecule has 1 saturated heterocycles. The predicted octanol–water partition coefficient (Wildman–Crippen LogP) is 1.26. The lowest BCUT2D eigenvalue weighted by Crippen LogP contribution is -2.52. The summed E-state index contributed by atoms with van der Waals surface area (Å²) in [5.74, 6) is -2.25. The van der Waals surface area contributed by atoms with E-state index in [4.69, 9.17) is 9.84 Å². The fraction of sp³-hybridized carbons (Fsp3) is 0.769. The van der Waals surface area contributed by atoms with Gasteiger partial charge in [-0.25, -0.2) is 9.59 Å². The minimum Gasteiger partial charge on any atom is -0.481 e. The van der Waals surface area contributed by atoms with E-state index in [0.29, 0.717) is 6.42 Å². The Morgan fingerprint density at radius 1 is 1.25 bits per heavy atom. The van der Waals surface area contributed by atoms with Crippen molar-refractivity contribution in [3.8, 4) is 0 Å². The smallest absolute Gasteiger partial charge is 0.411 e. The van der Waals surface area contributed by atoms with E-state index in [1.807, 2.05) is 0 Å². The maximum atomic E-state index is 12.1. The maximum absolute atomic E-state index is 12.1. The number of carboxylic acids is 1. The van der Waals surface area contributed by atoms with Gasteiger partial charge in [-0.15, -0.1) is 0 Å². The zero-order valence-corrected chi connectivity index (χ0v) is 12.2. The number of carboxylic acid groups (broad SMARTS) is 1. The highest BCUT2D eigenvalue weighted by atomic mass is 16.6. The van der Waals surface area contributed by atoms with Gasteiger partial charge in [0.05, 0.1) is 13.0 Å². The molecule has 1 fully saturated rings. The molecule has 1 amide bonds. The minimum atomic E-state index is -0.970. The monoisotopic (exact) mass is 287 g/mol. The van der Waals surface area contributed by atoms with Gasteiger partial charge in [0.1, 0.15) is 11.6 Å². The zero-order chi connectivity index (χ0) is 15.5. The van der Waals surface area contributed by atoms with Crippen molar-refractivity contribution in [2.75, 3.05) is 13.7 Å². The van der Waals surface area contributed by atoms with Crippen molar-refractivity contribution in [3.63, 3.8) is 0 Å². The third-order valence-corrected chi connectivity index (χ3v) is 3.05. The van der Waals surface area contributed by atoms with E-state index >= 15 is 0 Å². The number of nitrogens with zero attached hydrogens (tertiary/aromatic N) is 1. The van der Waals surface area contributed by atoms with Gasteiger partial charge in [-0.1, -0.05) is 0 Å². The second-order valence-corrected chi connectivity index (χ2v) is 5.77. The standard InChI is InChI=1S/C13H21NO6/c1-13(2,3)20-12(18)14-6-5-8(10(15)16)7-9(14)11(17)19-4/h8-9H,5-7H2,1-4H3,(H,15,16)/t8-,9-/m0/s1. The van der Waals surface area contributed by atoms with Crippen LogP contribution in [0, 0.1) is 5.92 Å². The number of carbonyl (C=O) groups is 3. The van der Waals surface area contributed by atoms with Crippen molar-refractivity contribution in [1.82, 2.24) is 4.90 Å². The van der Waals surface area contributed by atoms with Crippen LogP contribution >= 0.6 is 0 Å². The number of likely N-dealkylation sites (tertiary alicyclic amines) is 1. The number of methoxy groups -OCH3 is 1. The van der Waals surface area contributed by atoms with E-state index in [1.165, 1.54) is 12.0 Å². The second-order valence-electron chi connectivity index (χ2n) is 5.77. The topological polar surface area (TPSA) is 93.1 Å². The number of hydrogen-bond acceptors (Lipinski definition) is 5. The molecule has 0 bridgehead atoms. The van der Waals surface area contributed by atoms with E-state index in [2.05, 4.69) is 4.74 Å². The molecule has 114 valence electrons. The normalized spacial score (nSPS) is 23.1. The van der Waals surface area contributed by atoms with E-state index in [1.54, 1.807) is 20.8 Å². The van der Waals surface area contributed by atoms with Crippen molar-refractivity contribution in [3.05, 3.63) is 0 Å². The number of hydrogen-bond donors (Lipinski definition) is 1. The quantitative estimate of drug-likeness (QED) is 0.768. The van der Waals surface area contributed by atoms with Crippen LogP contribution in [0.1, 0.15) is 33.6 Å². The van der Waals surface area contributed by atoms with E-state index in [0.717, 1.165) is 0 Å². The fourth-order valence-corrected chi connectivity index (χ4v) is 2.09. The summed E-state index contributed by atoms with van der Waals surface area (Å²) < 4.78 is 9.88. The zero-order valence-electron chi connectivity index (χ0n) is 12.2. The number of ether oxygens (including phenoxy) is 2. The largest absolute Gasteiger partial charge is 0.481 e. The van der Waals surface area contributed by atoms with Crippen molar-refractivity contribution in [2.24, 2.45) is 5.92 Å². The molecule has 1 N–H and O–H groups in total. The molecule has 20 heavy (non-hydrogen) atoms. The van der Waals surface area contributed by atoms with E-state index in [-0.39, 0.29) is 13.0 Å². The molecule has 0 aromatic heterocycles. The van der Waals surface area contributed by atoms with Crippen molar-refractivity contribution in [2.45, 2.75) is 45.3 Å². The maximum Gasteiger partial charge on any atom is 0.411 e. The van der Waals surface area contributed by atoms with Crippen LogP contribution in [0.2, 0.25) is 0 Å². The van der Waals surface area contributed by atoms with Gasteiger partial charge in [0.25, 0.3) is 0 Å². The molecular formula is C13H21NO6. The third kappa shape index (κ3) is 4.11. The molecule has 0 saturated carbocycles. The summed E-state index contributed by atoms with van der Waals surface area (Å²) in [4.78, 5) is 36.1. The lowest BCUT2D eigenvalue weighted by molar-refractivity contribution is -0.152. The van der Waals surface area contributed by atoms with Crippen LogP contribution in [-0.4, -0.2) is 53.3 Å². The molecule has 1 rings (SSSR count). The first-order valence-corrected chi connectivity index (χ1v) is 6.46. The van der Waals surface area contributed by atoms with Gasteiger partial charge < -0.3 is 14.6 Å². The van der Waals surface area contributed by atoms with Gasteiger partial charge in [0, 0.05) is 6.54 Å². The van der Waals surface area contributed by atoms with E-state index in [9.17, 15) is 14.4 Å². The number of piperidine rings is 1. The molecule has 1 aliphatic rings. The molecule has 0 unspecified atom stereocenters. The number of esters is 1. The Hall–Kier alpha value is -1.79. The number of rotatable bonds is 2. The molecule has 0 aromatic carbocycles. The average Bonchev–Trinajstić information content (AvgIpc) is 2.34. The first-order valence-electron chi connectivity index (χ1n) is 6.46. The third-order valence-electron chi connectivity index (χ3n) is 3.05. The molecule has 2 atom stereocenters. The summed E-state index contributed by atoms with van der Waals surface area (Å²) in [6.45, 7) is 5.33. The lowest BCUT2D eigenvalue weighted by atomic mass is 9.91. The molecule has 0 aliphatic carbocycles. The molecule has 1 heterocycles. The highest BCUT2D eigenvalue weighted by Crippen LogP contribution is 2.26. The predicted molar refractivity (Wildman–Crippen MR) is 69.1 cm³/mol. The first-order chi connectivity index (χ1) is 9.15. The Morgan fingerprint density at radius 3 is 2.30 bits per heavy atom. The van der Waals surface area contributed by atoms with Crippen LogP contribution in [0.25, 0.3) is 0 Å². The molecule has 0 radical (unpaired) electrons. The summed E-state index contributed by atoms with van der Waals surface area (Å²) in [5, 5.41) is 9.04. The Morgan fingerprint density at radius 2 is 1.85 bits per heavy atom. The van der Waals surface area contributed by atoms with Crippen LogP contribution in [0.15, 0.2) is 0 Å². The summed E-state index contributed by atoms with van der Waals surface area (Å²) in [6, 6.07) is -0.912. The van der Waals surface area contributed by atoms with Crippen LogP contribution in [-0.2, 0) is 19.1 Å². The van der Waals surface area contributed by atoms with Gasteiger partial charge in [0.2, 0.25) is 0 Å². The molecule has 0 aromatic rings. The molecule has 0 spiro atoms. The number of aliphatic carboxylic acids is 1. The molecular weight excluding hydrogens is 266 g/mol.